The van der Waals surface area contributed by atoms with Crippen LogP contribution in [0.1, 0.15) is 6.92 Å². The lowest BCUT2D eigenvalue weighted by Crippen LogP contribution is -1.83. The van der Waals surface area contributed by atoms with Crippen molar-refractivity contribution in [1.82, 2.24) is 0 Å². The summed E-state index contributed by atoms with van der Waals surface area (Å²) in [6.07, 6.45) is 0. The van der Waals surface area contributed by atoms with E-state index < -0.39 is 12.3 Å². The van der Waals surface area contributed by atoms with Gasteiger partial charge in [0.25, 0.3) is 0 Å². The predicted molar refractivity (Wildman–Crippen MR) is 42.3 cm³/mol. The maximum atomic E-state index is 5.37. The Hall–Kier alpha value is 1.93. The minimum absolute atomic E-state index is 0.778. The van der Waals surface area contributed by atoms with Gasteiger partial charge in [-0.2, -0.15) is 0 Å². The zero-order valence-corrected chi connectivity index (χ0v) is 9.84. The van der Waals surface area contributed by atoms with Crippen molar-refractivity contribution in [3.8, 4) is 0 Å². The van der Waals surface area contributed by atoms with Crippen LogP contribution in [0.3, 0.4) is 0 Å². The van der Waals surface area contributed by atoms with E-state index in [1.54, 1.807) is 0 Å². The minimum Gasteiger partial charge on any atom is -0.273 e. The molecule has 0 N–H and O–H groups in total. The van der Waals surface area contributed by atoms with Crippen LogP contribution in [0.25, 0.3) is 0 Å². The smallest absolute Gasteiger partial charge is 0.273 e. The molecule has 0 bridgehead atoms. The van der Waals surface area contributed by atoms with Crippen molar-refractivity contribution >= 4 is 57.8 Å². The first-order chi connectivity index (χ1) is 3.27. The van der Waals surface area contributed by atoms with Gasteiger partial charge in [0.15, 0.2) is 0 Å². The van der Waals surface area contributed by atoms with Crippen molar-refractivity contribution in [3.05, 3.63) is 0 Å². The van der Waals surface area contributed by atoms with Gasteiger partial charge in [-0.05, 0) is 0 Å². The number of hydrogen-bond donors (Lipinski definition) is 0. The van der Waals surface area contributed by atoms with Crippen LogP contribution in [-0.2, 0) is 0 Å². The fourth-order valence-electron chi connectivity index (χ4n) is 0. The highest BCUT2D eigenvalue weighted by atomic mass is 35.7. The van der Waals surface area contributed by atoms with E-state index in [1.165, 1.54) is 0 Å². The Bertz CT molecular complexity index is 24.9. The third-order valence-corrected chi connectivity index (χ3v) is 2.78. The molecule has 5 heteroatoms. The summed E-state index contributed by atoms with van der Waals surface area (Å²) < 4.78 is 0. The monoisotopic (exact) mass is 190 g/mol. The lowest BCUT2D eigenvalue weighted by molar-refractivity contribution is 1.47. The molecule has 0 aliphatic carbocycles. The summed E-state index contributed by atoms with van der Waals surface area (Å²) in [6, 6.07) is 0. The first-order valence-corrected chi connectivity index (χ1v) is 9.26. The highest BCUT2D eigenvalue weighted by Gasteiger charge is 2.02. The van der Waals surface area contributed by atoms with Crippen molar-refractivity contribution < 1.29 is 0 Å². The molecule has 0 saturated carbocycles. The van der Waals surface area contributed by atoms with Gasteiger partial charge < -0.3 is 0 Å². The van der Waals surface area contributed by atoms with E-state index in [9.17, 15) is 0 Å². The van der Waals surface area contributed by atoms with Gasteiger partial charge in [-0.15, -0.1) is 0 Å². The molecule has 0 unspecified atom stereocenters. The Morgan fingerprint density at radius 2 is 1.57 bits per heavy atom. The lowest BCUT2D eigenvalue weighted by Gasteiger charge is -1.74. The summed E-state index contributed by atoms with van der Waals surface area (Å²) in [6.45, 7) is 2.00. The van der Waals surface area contributed by atoms with Gasteiger partial charge in [-0.1, -0.05) is 12.2 Å². The predicted octanol–water partition coefficient (Wildman–Crippen LogP) is 1.75. The SMILES string of the molecule is C[CH2][Al]([Cl])[Cl].[AlH2][Cl]. The third-order valence-electron chi connectivity index (χ3n) is 0.309. The van der Waals surface area contributed by atoms with E-state index in [1.807, 2.05) is 6.92 Å². The normalized spacial score (nSPS) is 6.29. The molecule has 0 aromatic rings. The summed E-state index contributed by atoms with van der Waals surface area (Å²) in [4.78, 5) is 0. The van der Waals surface area contributed by atoms with Gasteiger partial charge in [0.05, 0.1) is 0 Å². The summed E-state index contributed by atoms with van der Waals surface area (Å²) in [5.74, 6) is 0. The van der Waals surface area contributed by atoms with E-state index in [-0.39, 0.29) is 0 Å². The van der Waals surface area contributed by atoms with Crippen LogP contribution in [0.4, 0.5) is 0 Å². The molecule has 0 nitrogen and oxygen atoms in total. The standard InChI is InChI=1S/C2H5.2Al.3ClH.2H/c1-2;;;;;;;/h1H2,2H3;;;3*1H;;/q;+1;+2;;;;;/p-3. The molecule has 0 amide bonds. The first-order valence-electron chi connectivity index (χ1n) is 1.93. The average Bonchev–Trinajstić information content (AvgIpc) is 1.73. The Balaban J connectivity index is 0. The molecular formula is C2H7Al2Cl3. The van der Waals surface area contributed by atoms with E-state index in [0.717, 1.165) is 20.7 Å². The fraction of sp³-hybridized carbons (Fsp3) is 1.00. The molecule has 0 radical (unpaired) electrons. The van der Waals surface area contributed by atoms with Crippen LogP contribution in [0.15, 0.2) is 0 Å². The van der Waals surface area contributed by atoms with Crippen LogP contribution in [-0.4, -0.2) is 27.7 Å². The topological polar surface area (TPSA) is 0 Å². The Morgan fingerprint density at radius 1 is 1.43 bits per heavy atom. The van der Waals surface area contributed by atoms with Gasteiger partial charge >= 0.3 is 27.7 Å². The summed E-state index contributed by atoms with van der Waals surface area (Å²) >= 11 is -0.427. The minimum atomic E-state index is -1.21. The zero-order chi connectivity index (χ0) is 6.28. The summed E-state index contributed by atoms with van der Waals surface area (Å²) in [5, 5.41) is 0.975. The van der Waals surface area contributed by atoms with Crippen LogP contribution >= 0.6 is 30.1 Å². The molecule has 0 fully saturated rings. The molecular weight excluding hydrogens is 184 g/mol. The van der Waals surface area contributed by atoms with Gasteiger partial charge in [0.1, 0.15) is 0 Å². The maximum Gasteiger partial charge on any atom is 0.519 e. The number of hydrogen-bond acceptors (Lipinski definition) is 0. The van der Waals surface area contributed by atoms with Gasteiger partial charge in [-0.25, -0.2) is 20.1 Å². The Morgan fingerprint density at radius 3 is 1.57 bits per heavy atom. The second-order valence-electron chi connectivity index (χ2n) is 0.799. The maximum absolute atomic E-state index is 5.37. The van der Waals surface area contributed by atoms with Crippen molar-refractivity contribution in [1.29, 1.82) is 0 Å². The quantitative estimate of drug-likeness (QED) is 0.554. The molecule has 0 atom stereocenters. The highest BCUT2D eigenvalue weighted by molar-refractivity contribution is 7.33. The molecule has 0 rings (SSSR count). The van der Waals surface area contributed by atoms with E-state index in [2.05, 4.69) is 0 Å². The summed E-state index contributed by atoms with van der Waals surface area (Å²) in [5.41, 5.74) is 0. The molecule has 42 valence electrons. The molecule has 0 aliphatic rings. The molecule has 0 aromatic carbocycles. The summed E-state index contributed by atoms with van der Waals surface area (Å²) in [7, 11) is 15.5. The molecule has 0 aromatic heterocycles. The van der Waals surface area contributed by atoms with E-state index in [4.69, 9.17) is 30.1 Å². The van der Waals surface area contributed by atoms with Crippen molar-refractivity contribution in [2.24, 2.45) is 0 Å². The Labute approximate surface area is 69.5 Å². The molecule has 0 spiro atoms. The van der Waals surface area contributed by atoms with Crippen LogP contribution in [0, 0.1) is 0 Å². The molecule has 0 aliphatic heterocycles. The van der Waals surface area contributed by atoms with Crippen LogP contribution in [0.5, 0.6) is 0 Å². The van der Waals surface area contributed by atoms with Crippen molar-refractivity contribution in [3.63, 3.8) is 0 Å². The first kappa shape index (κ1) is 11.7. The van der Waals surface area contributed by atoms with Gasteiger partial charge in [-0.3, -0.25) is 10.0 Å². The van der Waals surface area contributed by atoms with E-state index >= 15 is 0 Å². The Kier molecular flexibility index (Phi) is 18.1. The lowest BCUT2D eigenvalue weighted by atomic mass is 11.0. The largest absolute Gasteiger partial charge is 0.519 e. The second kappa shape index (κ2) is 10.8. The van der Waals surface area contributed by atoms with Gasteiger partial charge in [0.2, 0.25) is 0 Å². The molecule has 0 saturated heterocycles. The molecule has 0 heterocycles. The highest BCUT2D eigenvalue weighted by Crippen LogP contribution is 1.98. The second-order valence-corrected chi connectivity index (χ2v) is 6.23. The van der Waals surface area contributed by atoms with Crippen LogP contribution in [0.2, 0.25) is 5.28 Å². The van der Waals surface area contributed by atoms with Crippen molar-refractivity contribution in [2.45, 2.75) is 12.2 Å². The number of halogens is 3. The average molecular weight is 191 g/mol. The van der Waals surface area contributed by atoms with Crippen LogP contribution < -0.4 is 0 Å². The third kappa shape index (κ3) is 18.1. The fourth-order valence-corrected chi connectivity index (χ4v) is 0. The van der Waals surface area contributed by atoms with E-state index in [0.29, 0.717) is 0 Å². The molecule has 7 heavy (non-hydrogen) atoms. The number of rotatable bonds is 1. The zero-order valence-electron chi connectivity index (χ0n) is 4.42. The van der Waals surface area contributed by atoms with Crippen molar-refractivity contribution in [2.75, 3.05) is 0 Å². The van der Waals surface area contributed by atoms with Gasteiger partial charge in [0, 0.05) is 0 Å².